The Balaban J connectivity index is 1.75. The molecule has 1 unspecified atom stereocenters. The van der Waals surface area contributed by atoms with Crippen LogP contribution in [0.3, 0.4) is 0 Å². The summed E-state index contributed by atoms with van der Waals surface area (Å²) in [6, 6.07) is 8.90. The van der Waals surface area contributed by atoms with E-state index in [2.05, 4.69) is 70.4 Å². The highest BCUT2D eigenvalue weighted by Crippen LogP contribution is 2.25. The molecule has 0 amide bonds. The van der Waals surface area contributed by atoms with Crippen molar-refractivity contribution in [2.24, 2.45) is 4.99 Å². The topological polar surface area (TPSA) is 39.7 Å². The summed E-state index contributed by atoms with van der Waals surface area (Å²) < 4.78 is 0. The molecule has 1 aromatic carbocycles. The highest BCUT2D eigenvalue weighted by Gasteiger charge is 2.15. The maximum Gasteiger partial charge on any atom is 0.191 e. The molecule has 1 aliphatic rings. The van der Waals surface area contributed by atoms with E-state index in [0.29, 0.717) is 0 Å². The lowest BCUT2D eigenvalue weighted by molar-refractivity contribution is 0.296. The van der Waals surface area contributed by atoms with Crippen LogP contribution in [0.1, 0.15) is 37.8 Å². The van der Waals surface area contributed by atoms with Crippen LogP contribution >= 0.6 is 11.8 Å². The molecule has 2 rings (SSSR count). The zero-order valence-corrected chi connectivity index (χ0v) is 16.2. The highest BCUT2D eigenvalue weighted by molar-refractivity contribution is 8.00. The Labute approximate surface area is 151 Å². The molecule has 0 spiro atoms. The summed E-state index contributed by atoms with van der Waals surface area (Å²) in [5.41, 5.74) is 2.67. The van der Waals surface area contributed by atoms with Crippen LogP contribution < -0.4 is 10.6 Å². The molecule has 4 nitrogen and oxygen atoms in total. The van der Waals surface area contributed by atoms with Gasteiger partial charge in [-0.15, -0.1) is 0 Å². The Hall–Kier alpha value is -1.20. The molecule has 1 atom stereocenters. The fourth-order valence-corrected chi connectivity index (χ4v) is 4.09. The van der Waals surface area contributed by atoms with Crippen LogP contribution in [0.4, 0.5) is 0 Å². The van der Waals surface area contributed by atoms with E-state index in [0.717, 1.165) is 43.9 Å². The predicted molar refractivity (Wildman–Crippen MR) is 107 cm³/mol. The lowest BCUT2D eigenvalue weighted by atomic mass is 10.1. The van der Waals surface area contributed by atoms with Crippen LogP contribution in [-0.2, 0) is 13.1 Å². The number of hydrogen-bond acceptors (Lipinski definition) is 3. The molecule has 1 heterocycles. The molecule has 1 saturated heterocycles. The third-order valence-electron chi connectivity index (χ3n) is 4.53. The van der Waals surface area contributed by atoms with Crippen LogP contribution in [0.2, 0.25) is 0 Å². The summed E-state index contributed by atoms with van der Waals surface area (Å²) in [5, 5.41) is 7.60. The van der Waals surface area contributed by atoms with E-state index in [-0.39, 0.29) is 0 Å². The second-order valence-corrected chi connectivity index (χ2v) is 7.63. The molecule has 24 heavy (non-hydrogen) atoms. The van der Waals surface area contributed by atoms with Crippen LogP contribution in [0.25, 0.3) is 0 Å². The monoisotopic (exact) mass is 348 g/mol. The van der Waals surface area contributed by atoms with Gasteiger partial charge in [0.05, 0.1) is 0 Å². The standard InChI is InChI=1S/C19H32N4S/c1-4-23(5-2)15-17-10-8-16(9-11-17)13-21-19(20-3)22-14-18-7-6-12-24-18/h8-11,18H,4-7,12-15H2,1-3H3,(H2,20,21,22). The van der Waals surface area contributed by atoms with Crippen molar-refractivity contribution in [1.82, 2.24) is 15.5 Å². The molecule has 0 bridgehead atoms. The molecule has 5 heteroatoms. The second kappa shape index (κ2) is 10.6. The van der Waals surface area contributed by atoms with Gasteiger partial charge < -0.3 is 10.6 Å². The van der Waals surface area contributed by atoms with Crippen molar-refractivity contribution in [3.63, 3.8) is 0 Å². The molecule has 0 aromatic heterocycles. The average molecular weight is 349 g/mol. The van der Waals surface area contributed by atoms with Crippen LogP contribution in [-0.4, -0.2) is 48.5 Å². The van der Waals surface area contributed by atoms with Gasteiger partial charge in [0.25, 0.3) is 0 Å². The zero-order chi connectivity index (χ0) is 17.2. The lowest BCUT2D eigenvalue weighted by Gasteiger charge is -2.18. The van der Waals surface area contributed by atoms with Crippen molar-refractivity contribution >= 4 is 17.7 Å². The summed E-state index contributed by atoms with van der Waals surface area (Å²) in [5.74, 6) is 2.20. The van der Waals surface area contributed by atoms with Gasteiger partial charge in [-0.1, -0.05) is 38.1 Å². The average Bonchev–Trinajstić information content (AvgIpc) is 3.14. The van der Waals surface area contributed by atoms with Crippen molar-refractivity contribution in [3.8, 4) is 0 Å². The molecule has 0 radical (unpaired) electrons. The Bertz CT molecular complexity index is 491. The minimum absolute atomic E-state index is 0.739. The molecule has 2 N–H and O–H groups in total. The largest absolute Gasteiger partial charge is 0.355 e. The summed E-state index contributed by atoms with van der Waals surface area (Å²) in [4.78, 5) is 6.75. The Morgan fingerprint density at radius 2 is 1.88 bits per heavy atom. The molecule has 1 aromatic rings. The maximum absolute atomic E-state index is 4.32. The first-order chi connectivity index (χ1) is 11.7. The predicted octanol–water partition coefficient (Wildman–Crippen LogP) is 3.09. The summed E-state index contributed by atoms with van der Waals surface area (Å²) in [6.45, 7) is 9.47. The van der Waals surface area contributed by atoms with Crippen LogP contribution in [0.15, 0.2) is 29.3 Å². The van der Waals surface area contributed by atoms with Crippen molar-refractivity contribution < 1.29 is 0 Å². The van der Waals surface area contributed by atoms with Gasteiger partial charge in [-0.3, -0.25) is 9.89 Å². The Morgan fingerprint density at radius 1 is 1.17 bits per heavy atom. The number of benzene rings is 1. The molecular weight excluding hydrogens is 316 g/mol. The van der Waals surface area contributed by atoms with E-state index in [9.17, 15) is 0 Å². The minimum Gasteiger partial charge on any atom is -0.355 e. The van der Waals surface area contributed by atoms with Crippen molar-refractivity contribution in [3.05, 3.63) is 35.4 Å². The van der Waals surface area contributed by atoms with Gasteiger partial charge in [0.1, 0.15) is 0 Å². The van der Waals surface area contributed by atoms with Crippen molar-refractivity contribution in [1.29, 1.82) is 0 Å². The smallest absolute Gasteiger partial charge is 0.191 e. The first-order valence-electron chi connectivity index (χ1n) is 9.11. The molecule has 0 aliphatic carbocycles. The van der Waals surface area contributed by atoms with E-state index in [1.54, 1.807) is 0 Å². The third kappa shape index (κ3) is 6.36. The van der Waals surface area contributed by atoms with Gasteiger partial charge in [-0.25, -0.2) is 0 Å². The first-order valence-corrected chi connectivity index (χ1v) is 10.2. The van der Waals surface area contributed by atoms with E-state index in [1.807, 2.05) is 7.05 Å². The number of hydrogen-bond donors (Lipinski definition) is 2. The second-order valence-electron chi connectivity index (χ2n) is 6.22. The van der Waals surface area contributed by atoms with Gasteiger partial charge in [-0.05, 0) is 42.8 Å². The Morgan fingerprint density at radius 3 is 2.46 bits per heavy atom. The minimum atomic E-state index is 0.739. The van der Waals surface area contributed by atoms with E-state index in [1.165, 1.54) is 29.7 Å². The number of nitrogens with zero attached hydrogens (tertiary/aromatic N) is 2. The summed E-state index contributed by atoms with van der Waals surface area (Å²) in [7, 11) is 1.84. The highest BCUT2D eigenvalue weighted by atomic mass is 32.2. The number of thioether (sulfide) groups is 1. The number of nitrogens with one attached hydrogen (secondary N) is 2. The Kier molecular flexibility index (Phi) is 8.47. The van der Waals surface area contributed by atoms with Gasteiger partial charge in [0.15, 0.2) is 5.96 Å². The molecular formula is C19H32N4S. The van der Waals surface area contributed by atoms with Crippen molar-refractivity contribution in [2.75, 3.05) is 32.4 Å². The maximum atomic E-state index is 4.32. The number of rotatable bonds is 8. The lowest BCUT2D eigenvalue weighted by Crippen LogP contribution is -2.39. The van der Waals surface area contributed by atoms with Crippen LogP contribution in [0.5, 0.6) is 0 Å². The molecule has 1 aliphatic heterocycles. The fraction of sp³-hybridized carbons (Fsp3) is 0.632. The van der Waals surface area contributed by atoms with Gasteiger partial charge in [0.2, 0.25) is 0 Å². The van der Waals surface area contributed by atoms with Gasteiger partial charge in [0, 0.05) is 31.9 Å². The van der Waals surface area contributed by atoms with Crippen LogP contribution in [0, 0.1) is 0 Å². The molecule has 134 valence electrons. The van der Waals surface area contributed by atoms with E-state index < -0.39 is 0 Å². The van der Waals surface area contributed by atoms with Gasteiger partial charge >= 0.3 is 0 Å². The van der Waals surface area contributed by atoms with Crippen molar-refractivity contribution in [2.45, 2.75) is 45.0 Å². The first kappa shape index (κ1) is 19.1. The third-order valence-corrected chi connectivity index (χ3v) is 5.93. The fourth-order valence-electron chi connectivity index (χ4n) is 2.89. The van der Waals surface area contributed by atoms with E-state index in [4.69, 9.17) is 0 Å². The zero-order valence-electron chi connectivity index (χ0n) is 15.3. The molecule has 0 saturated carbocycles. The number of aliphatic imine (C=N–C) groups is 1. The van der Waals surface area contributed by atoms with Gasteiger partial charge in [-0.2, -0.15) is 11.8 Å². The quantitative estimate of drug-likeness (QED) is 0.559. The van der Waals surface area contributed by atoms with E-state index >= 15 is 0 Å². The summed E-state index contributed by atoms with van der Waals surface area (Å²) in [6.07, 6.45) is 2.67. The normalized spacial score (nSPS) is 18.2. The molecule has 1 fully saturated rings. The SMILES string of the molecule is CCN(CC)Cc1ccc(CNC(=NC)NCC2CCCS2)cc1. The number of guanidine groups is 1. The summed E-state index contributed by atoms with van der Waals surface area (Å²) >= 11 is 2.07.